The SMILES string of the molecule is CC(C(O)Cc1c(F)cccc1F)S(C)(=O)=O. The van der Waals surface area contributed by atoms with E-state index in [1.807, 2.05) is 0 Å². The first kappa shape index (κ1) is 14.1. The van der Waals surface area contributed by atoms with Crippen LogP contribution in [0.1, 0.15) is 12.5 Å². The zero-order chi connectivity index (χ0) is 13.2. The molecule has 0 radical (unpaired) electrons. The molecule has 0 saturated heterocycles. The van der Waals surface area contributed by atoms with Crippen LogP contribution >= 0.6 is 0 Å². The first-order valence-electron chi connectivity index (χ1n) is 5.03. The minimum Gasteiger partial charge on any atom is -0.391 e. The molecule has 1 aromatic rings. The maximum Gasteiger partial charge on any atom is 0.152 e. The summed E-state index contributed by atoms with van der Waals surface area (Å²) >= 11 is 0. The number of benzene rings is 1. The second kappa shape index (κ2) is 5.10. The molecule has 0 bridgehead atoms. The molecule has 0 heterocycles. The second-order valence-electron chi connectivity index (χ2n) is 4.01. The largest absolute Gasteiger partial charge is 0.391 e. The van der Waals surface area contributed by atoms with E-state index in [-0.39, 0.29) is 12.0 Å². The third kappa shape index (κ3) is 3.47. The van der Waals surface area contributed by atoms with Crippen molar-refractivity contribution in [3.8, 4) is 0 Å². The molecule has 0 aliphatic rings. The fourth-order valence-electron chi connectivity index (χ4n) is 1.39. The Balaban J connectivity index is 2.92. The highest BCUT2D eigenvalue weighted by atomic mass is 32.2. The fourth-order valence-corrected chi connectivity index (χ4v) is 2.05. The summed E-state index contributed by atoms with van der Waals surface area (Å²) in [6.07, 6.45) is -0.734. The van der Waals surface area contributed by atoms with Crippen LogP contribution in [0.15, 0.2) is 18.2 Å². The first-order valence-corrected chi connectivity index (χ1v) is 6.98. The molecule has 17 heavy (non-hydrogen) atoms. The number of aliphatic hydroxyl groups is 1. The highest BCUT2D eigenvalue weighted by Gasteiger charge is 2.26. The van der Waals surface area contributed by atoms with E-state index in [0.29, 0.717) is 0 Å². The van der Waals surface area contributed by atoms with Gasteiger partial charge in [0, 0.05) is 18.2 Å². The molecule has 1 aromatic carbocycles. The van der Waals surface area contributed by atoms with Gasteiger partial charge in [0.25, 0.3) is 0 Å². The second-order valence-corrected chi connectivity index (χ2v) is 6.41. The van der Waals surface area contributed by atoms with E-state index in [2.05, 4.69) is 0 Å². The summed E-state index contributed by atoms with van der Waals surface area (Å²) in [4.78, 5) is 0. The summed E-state index contributed by atoms with van der Waals surface area (Å²) in [6.45, 7) is 1.30. The number of hydrogen-bond donors (Lipinski definition) is 1. The van der Waals surface area contributed by atoms with E-state index in [4.69, 9.17) is 0 Å². The van der Waals surface area contributed by atoms with Crippen LogP contribution in [0.3, 0.4) is 0 Å². The summed E-state index contributed by atoms with van der Waals surface area (Å²) in [7, 11) is -3.44. The third-order valence-electron chi connectivity index (χ3n) is 2.69. The molecule has 0 amide bonds. The van der Waals surface area contributed by atoms with Crippen molar-refractivity contribution < 1.29 is 22.3 Å². The van der Waals surface area contributed by atoms with Gasteiger partial charge in [-0.1, -0.05) is 6.07 Å². The van der Waals surface area contributed by atoms with Gasteiger partial charge in [-0.2, -0.15) is 0 Å². The van der Waals surface area contributed by atoms with Gasteiger partial charge < -0.3 is 5.11 Å². The van der Waals surface area contributed by atoms with Crippen molar-refractivity contribution in [1.82, 2.24) is 0 Å². The average Bonchev–Trinajstić information content (AvgIpc) is 2.21. The summed E-state index contributed by atoms with van der Waals surface area (Å²) in [5.74, 6) is -1.57. The predicted octanol–water partition coefficient (Wildman–Crippen LogP) is 1.30. The first-order chi connectivity index (χ1) is 7.73. The molecule has 3 nitrogen and oxygen atoms in total. The molecule has 6 heteroatoms. The normalized spacial score (nSPS) is 15.6. The van der Waals surface area contributed by atoms with E-state index in [9.17, 15) is 22.3 Å². The van der Waals surface area contributed by atoms with E-state index < -0.39 is 32.8 Å². The van der Waals surface area contributed by atoms with Crippen LogP contribution in [0.2, 0.25) is 0 Å². The molecule has 0 aromatic heterocycles. The molecule has 96 valence electrons. The Morgan fingerprint density at radius 3 is 2.18 bits per heavy atom. The van der Waals surface area contributed by atoms with Crippen LogP contribution in [0.25, 0.3) is 0 Å². The van der Waals surface area contributed by atoms with Crippen molar-refractivity contribution in [3.63, 3.8) is 0 Å². The van der Waals surface area contributed by atoms with Crippen molar-refractivity contribution in [1.29, 1.82) is 0 Å². The number of sulfone groups is 1. The number of halogens is 2. The Kier molecular flexibility index (Phi) is 4.21. The van der Waals surface area contributed by atoms with Gasteiger partial charge in [-0.25, -0.2) is 17.2 Å². The van der Waals surface area contributed by atoms with Crippen LogP contribution < -0.4 is 0 Å². The summed E-state index contributed by atoms with van der Waals surface area (Å²) in [5.41, 5.74) is -0.296. The van der Waals surface area contributed by atoms with E-state index >= 15 is 0 Å². The van der Waals surface area contributed by atoms with Gasteiger partial charge in [-0.15, -0.1) is 0 Å². The molecule has 1 N–H and O–H groups in total. The van der Waals surface area contributed by atoms with Crippen molar-refractivity contribution in [2.75, 3.05) is 6.26 Å². The van der Waals surface area contributed by atoms with Crippen LogP contribution in [-0.2, 0) is 16.3 Å². The summed E-state index contributed by atoms with van der Waals surface area (Å²) < 4.78 is 48.9. The van der Waals surface area contributed by atoms with Crippen LogP contribution in [0.5, 0.6) is 0 Å². The molecule has 2 atom stereocenters. The molecule has 0 spiro atoms. The molecule has 2 unspecified atom stereocenters. The summed E-state index contributed by atoms with van der Waals surface area (Å²) in [6, 6.07) is 3.34. The molecular weight excluding hydrogens is 250 g/mol. The van der Waals surface area contributed by atoms with Crippen molar-refractivity contribution in [2.24, 2.45) is 0 Å². The number of hydrogen-bond acceptors (Lipinski definition) is 3. The average molecular weight is 264 g/mol. The zero-order valence-electron chi connectivity index (χ0n) is 9.52. The predicted molar refractivity (Wildman–Crippen MR) is 60.4 cm³/mol. The zero-order valence-corrected chi connectivity index (χ0v) is 10.3. The maximum atomic E-state index is 13.3. The lowest BCUT2D eigenvalue weighted by Gasteiger charge is -2.17. The molecular formula is C11H14F2O3S. The number of rotatable bonds is 4. The van der Waals surface area contributed by atoms with E-state index in [1.165, 1.54) is 13.0 Å². The van der Waals surface area contributed by atoms with Gasteiger partial charge in [0.1, 0.15) is 11.6 Å². The molecule has 1 rings (SSSR count). The standard InChI is InChI=1S/C11H14F2O3S/c1-7(17(2,15)16)11(14)6-8-9(12)4-3-5-10(8)13/h3-5,7,11,14H,6H2,1-2H3. The summed E-state index contributed by atoms with van der Waals surface area (Å²) in [5, 5.41) is 8.58. The van der Waals surface area contributed by atoms with Gasteiger partial charge in [0.15, 0.2) is 9.84 Å². The Morgan fingerprint density at radius 2 is 1.76 bits per heavy atom. The van der Waals surface area contributed by atoms with Crippen LogP contribution in [-0.4, -0.2) is 31.1 Å². The fraction of sp³-hybridized carbons (Fsp3) is 0.455. The van der Waals surface area contributed by atoms with Gasteiger partial charge in [0.2, 0.25) is 0 Å². The van der Waals surface area contributed by atoms with Crippen LogP contribution in [0.4, 0.5) is 8.78 Å². The maximum absolute atomic E-state index is 13.3. The van der Waals surface area contributed by atoms with Crippen molar-refractivity contribution >= 4 is 9.84 Å². The Bertz CT molecular complexity index is 479. The monoisotopic (exact) mass is 264 g/mol. The Labute approximate surface area is 99.0 Å². The molecule has 0 aliphatic carbocycles. The molecule has 0 saturated carbocycles. The lowest BCUT2D eigenvalue weighted by molar-refractivity contribution is 0.170. The Hall–Kier alpha value is -1.01. The van der Waals surface area contributed by atoms with E-state index in [0.717, 1.165) is 18.4 Å². The van der Waals surface area contributed by atoms with E-state index in [1.54, 1.807) is 0 Å². The quantitative estimate of drug-likeness (QED) is 0.892. The lowest BCUT2D eigenvalue weighted by Crippen LogP contribution is -2.32. The minimum absolute atomic E-state index is 0.296. The van der Waals surface area contributed by atoms with Crippen molar-refractivity contribution in [2.45, 2.75) is 24.7 Å². The molecule has 0 fully saturated rings. The van der Waals surface area contributed by atoms with Crippen LogP contribution in [0, 0.1) is 11.6 Å². The van der Waals surface area contributed by atoms with Crippen molar-refractivity contribution in [3.05, 3.63) is 35.4 Å². The third-order valence-corrected chi connectivity index (χ3v) is 4.36. The van der Waals surface area contributed by atoms with Gasteiger partial charge >= 0.3 is 0 Å². The highest BCUT2D eigenvalue weighted by Crippen LogP contribution is 2.17. The minimum atomic E-state index is -3.44. The molecule has 0 aliphatic heterocycles. The van der Waals surface area contributed by atoms with Gasteiger partial charge in [-0.05, 0) is 19.1 Å². The Morgan fingerprint density at radius 1 is 1.29 bits per heavy atom. The smallest absolute Gasteiger partial charge is 0.152 e. The topological polar surface area (TPSA) is 54.4 Å². The number of aliphatic hydroxyl groups excluding tert-OH is 1. The van der Waals surface area contributed by atoms with Gasteiger partial charge in [0.05, 0.1) is 11.4 Å². The highest BCUT2D eigenvalue weighted by molar-refractivity contribution is 7.91. The van der Waals surface area contributed by atoms with Gasteiger partial charge in [-0.3, -0.25) is 0 Å². The lowest BCUT2D eigenvalue weighted by atomic mass is 10.0.